The van der Waals surface area contributed by atoms with E-state index < -0.39 is 35.6 Å². The third kappa shape index (κ3) is 8.58. The molecule has 2 aromatic rings. The van der Waals surface area contributed by atoms with Crippen molar-refractivity contribution in [2.45, 2.75) is 78.5 Å². The van der Waals surface area contributed by atoms with Crippen LogP contribution in [-0.4, -0.2) is 52.1 Å². The SMILES string of the molecule is Cc1cc(O)cc(C)c1CC(NC(=O)OC(C)(C)C)C(=O)N(CCCc1cccs1)[C@H](C)C(N)=O. The topological polar surface area (TPSA) is 122 Å². The summed E-state index contributed by atoms with van der Waals surface area (Å²) < 4.78 is 5.40. The molecule has 1 aromatic carbocycles. The first-order valence-electron chi connectivity index (χ1n) is 11.7. The number of aryl methyl sites for hydroxylation is 3. The quantitative estimate of drug-likeness (QED) is 0.455. The first-order valence-corrected chi connectivity index (χ1v) is 12.6. The van der Waals surface area contributed by atoms with Gasteiger partial charge in [0.05, 0.1) is 0 Å². The number of alkyl carbamates (subject to hydrolysis) is 1. The third-order valence-electron chi connectivity index (χ3n) is 5.64. The number of benzene rings is 1. The molecule has 0 aliphatic rings. The van der Waals surface area contributed by atoms with Gasteiger partial charge in [-0.25, -0.2) is 4.79 Å². The molecule has 35 heavy (non-hydrogen) atoms. The number of nitrogens with two attached hydrogens (primary N) is 1. The normalized spacial score (nSPS) is 13.1. The van der Waals surface area contributed by atoms with E-state index >= 15 is 0 Å². The Kier molecular flexibility index (Phi) is 9.71. The summed E-state index contributed by atoms with van der Waals surface area (Å²) in [5.41, 5.74) is 7.23. The predicted molar refractivity (Wildman–Crippen MR) is 137 cm³/mol. The number of carbonyl (C=O) groups excluding carboxylic acids is 3. The zero-order valence-electron chi connectivity index (χ0n) is 21.4. The van der Waals surface area contributed by atoms with Crippen molar-refractivity contribution in [3.63, 3.8) is 0 Å². The fourth-order valence-electron chi connectivity index (χ4n) is 3.87. The molecule has 0 aliphatic carbocycles. The molecule has 0 aliphatic heterocycles. The van der Waals surface area contributed by atoms with E-state index in [1.54, 1.807) is 51.2 Å². The summed E-state index contributed by atoms with van der Waals surface area (Å²) in [5, 5.41) is 14.6. The van der Waals surface area contributed by atoms with Crippen molar-refractivity contribution >= 4 is 29.2 Å². The van der Waals surface area contributed by atoms with Crippen LogP contribution in [-0.2, 0) is 27.2 Å². The molecule has 2 rings (SSSR count). The minimum absolute atomic E-state index is 0.129. The van der Waals surface area contributed by atoms with Crippen molar-refractivity contribution in [3.8, 4) is 5.75 Å². The van der Waals surface area contributed by atoms with Crippen LogP contribution in [0.3, 0.4) is 0 Å². The molecule has 192 valence electrons. The Labute approximate surface area is 211 Å². The molecule has 1 heterocycles. The zero-order chi connectivity index (χ0) is 26.3. The van der Waals surface area contributed by atoms with E-state index in [0.717, 1.165) is 23.1 Å². The maximum atomic E-state index is 13.8. The van der Waals surface area contributed by atoms with E-state index in [9.17, 15) is 19.5 Å². The smallest absolute Gasteiger partial charge is 0.408 e. The molecule has 2 atom stereocenters. The van der Waals surface area contributed by atoms with Gasteiger partial charge in [-0.15, -0.1) is 11.3 Å². The van der Waals surface area contributed by atoms with E-state index in [-0.39, 0.29) is 12.2 Å². The second-order valence-corrected chi connectivity index (χ2v) is 10.8. The van der Waals surface area contributed by atoms with Gasteiger partial charge in [-0.2, -0.15) is 0 Å². The highest BCUT2D eigenvalue weighted by Crippen LogP contribution is 2.23. The molecule has 8 nitrogen and oxygen atoms in total. The van der Waals surface area contributed by atoms with Crippen LogP contribution in [0.25, 0.3) is 0 Å². The second kappa shape index (κ2) is 12.1. The van der Waals surface area contributed by atoms with Crippen molar-refractivity contribution < 1.29 is 24.2 Å². The molecule has 1 aromatic heterocycles. The number of ether oxygens (including phenoxy) is 1. The standard InChI is InChI=1S/C26H37N3O5S/c1-16-13-19(30)14-17(2)21(16)15-22(28-25(33)34-26(4,5)6)24(32)29(18(3)23(27)31)11-7-9-20-10-8-12-35-20/h8,10,12-14,18,22,30H,7,9,11,15H2,1-6H3,(H2,27,31)(H,28,33)/t18-,22?/m1/s1. The molecule has 0 spiro atoms. The van der Waals surface area contributed by atoms with Crippen molar-refractivity contribution in [1.29, 1.82) is 0 Å². The molecule has 3 amide bonds. The average molecular weight is 504 g/mol. The van der Waals surface area contributed by atoms with E-state index in [0.29, 0.717) is 13.0 Å². The number of primary amides is 1. The van der Waals surface area contributed by atoms with Crippen LogP contribution in [0.5, 0.6) is 5.75 Å². The number of hydrogen-bond acceptors (Lipinski definition) is 6. The van der Waals surface area contributed by atoms with Crippen LogP contribution in [0.4, 0.5) is 4.79 Å². The number of aromatic hydroxyl groups is 1. The van der Waals surface area contributed by atoms with E-state index in [1.807, 2.05) is 31.4 Å². The summed E-state index contributed by atoms with van der Waals surface area (Å²) in [4.78, 5) is 41.1. The third-order valence-corrected chi connectivity index (χ3v) is 6.58. The van der Waals surface area contributed by atoms with Crippen LogP contribution in [0.15, 0.2) is 29.6 Å². The summed E-state index contributed by atoms with van der Waals surface area (Å²) >= 11 is 1.63. The van der Waals surface area contributed by atoms with Gasteiger partial charge in [0.25, 0.3) is 0 Å². The van der Waals surface area contributed by atoms with Crippen molar-refractivity contribution in [1.82, 2.24) is 10.2 Å². The highest BCUT2D eigenvalue weighted by atomic mass is 32.1. The summed E-state index contributed by atoms with van der Waals surface area (Å²) in [6.45, 7) is 10.8. The molecule has 9 heteroatoms. The van der Waals surface area contributed by atoms with Gasteiger partial charge in [-0.3, -0.25) is 9.59 Å². The van der Waals surface area contributed by atoms with Crippen LogP contribution in [0, 0.1) is 13.8 Å². The number of thiophene rings is 1. The monoisotopic (exact) mass is 503 g/mol. The summed E-state index contributed by atoms with van der Waals surface area (Å²) in [6, 6.07) is 5.38. The van der Waals surface area contributed by atoms with Gasteiger partial charge in [0, 0.05) is 17.8 Å². The summed E-state index contributed by atoms with van der Waals surface area (Å²) in [7, 11) is 0. The van der Waals surface area contributed by atoms with E-state index in [1.165, 1.54) is 9.78 Å². The van der Waals surface area contributed by atoms with Gasteiger partial charge in [0.2, 0.25) is 11.8 Å². The Morgan fingerprint density at radius 1 is 1.20 bits per heavy atom. The van der Waals surface area contributed by atoms with Gasteiger partial charge >= 0.3 is 6.09 Å². The van der Waals surface area contributed by atoms with Gasteiger partial charge in [-0.05, 0) is 94.7 Å². The predicted octanol–water partition coefficient (Wildman–Crippen LogP) is 3.84. The maximum Gasteiger partial charge on any atom is 0.408 e. The minimum Gasteiger partial charge on any atom is -0.508 e. The number of nitrogens with one attached hydrogen (secondary N) is 1. The Hall–Kier alpha value is -3.07. The Bertz CT molecular complexity index is 1010. The summed E-state index contributed by atoms with van der Waals surface area (Å²) in [6.07, 6.45) is 0.839. The second-order valence-electron chi connectivity index (χ2n) is 9.75. The van der Waals surface area contributed by atoms with Gasteiger partial charge < -0.3 is 25.8 Å². The molecule has 0 radical (unpaired) electrons. The van der Waals surface area contributed by atoms with Crippen molar-refractivity contribution in [3.05, 3.63) is 51.2 Å². The Morgan fingerprint density at radius 3 is 2.34 bits per heavy atom. The molecular formula is C26H37N3O5S. The highest BCUT2D eigenvalue weighted by molar-refractivity contribution is 7.09. The average Bonchev–Trinajstić information content (AvgIpc) is 3.24. The zero-order valence-corrected chi connectivity index (χ0v) is 22.2. The number of phenolic OH excluding ortho intramolecular Hbond substituents is 1. The minimum atomic E-state index is -0.990. The number of rotatable bonds is 10. The lowest BCUT2D eigenvalue weighted by Gasteiger charge is -2.32. The lowest BCUT2D eigenvalue weighted by Crippen LogP contribution is -2.55. The van der Waals surface area contributed by atoms with Crippen LogP contribution >= 0.6 is 11.3 Å². The Morgan fingerprint density at radius 2 is 1.83 bits per heavy atom. The molecule has 4 N–H and O–H groups in total. The lowest BCUT2D eigenvalue weighted by molar-refractivity contribution is -0.140. The molecule has 0 saturated carbocycles. The molecule has 0 saturated heterocycles. The number of nitrogens with zero attached hydrogens (tertiary/aromatic N) is 1. The number of carbonyl (C=O) groups is 3. The summed E-state index contributed by atoms with van der Waals surface area (Å²) in [5.74, 6) is -0.910. The maximum absolute atomic E-state index is 13.8. The van der Waals surface area contributed by atoms with Crippen LogP contribution < -0.4 is 11.1 Å². The number of phenols is 1. The molecule has 0 fully saturated rings. The molecular weight excluding hydrogens is 466 g/mol. The van der Waals surface area contributed by atoms with Gasteiger partial charge in [0.1, 0.15) is 23.4 Å². The van der Waals surface area contributed by atoms with Crippen molar-refractivity contribution in [2.75, 3.05) is 6.54 Å². The molecule has 0 bridgehead atoms. The lowest BCUT2D eigenvalue weighted by atomic mass is 9.95. The van der Waals surface area contributed by atoms with Crippen LogP contribution in [0.1, 0.15) is 55.7 Å². The van der Waals surface area contributed by atoms with Gasteiger partial charge in [0.15, 0.2) is 0 Å². The number of hydrogen-bond donors (Lipinski definition) is 3. The first-order chi connectivity index (χ1) is 16.3. The largest absolute Gasteiger partial charge is 0.508 e. The number of amides is 3. The molecule has 1 unspecified atom stereocenters. The van der Waals surface area contributed by atoms with Gasteiger partial charge in [-0.1, -0.05) is 6.07 Å². The first kappa shape index (κ1) is 28.2. The highest BCUT2D eigenvalue weighted by Gasteiger charge is 2.33. The fourth-order valence-corrected chi connectivity index (χ4v) is 4.62. The fraction of sp³-hybridized carbons (Fsp3) is 0.500. The van der Waals surface area contributed by atoms with E-state index in [2.05, 4.69) is 5.32 Å². The van der Waals surface area contributed by atoms with E-state index in [4.69, 9.17) is 10.5 Å². The van der Waals surface area contributed by atoms with Crippen LogP contribution in [0.2, 0.25) is 0 Å². The Balaban J connectivity index is 2.34. The van der Waals surface area contributed by atoms with Crippen molar-refractivity contribution in [2.24, 2.45) is 5.73 Å².